The van der Waals surface area contributed by atoms with Gasteiger partial charge in [0.2, 0.25) is 11.8 Å². The molecule has 5 nitrogen and oxygen atoms in total. The van der Waals surface area contributed by atoms with E-state index in [4.69, 9.17) is 0 Å². The zero-order valence-corrected chi connectivity index (χ0v) is 11.2. The first-order valence-electron chi connectivity index (χ1n) is 6.20. The van der Waals surface area contributed by atoms with Gasteiger partial charge in [-0.1, -0.05) is 6.92 Å². The Hall–Kier alpha value is -0.940. The number of likely N-dealkylation sites (N-methyl/N-ethyl adjacent to an activating group) is 1. The van der Waals surface area contributed by atoms with Crippen LogP contribution in [-0.4, -0.2) is 60.9 Å². The van der Waals surface area contributed by atoms with Gasteiger partial charge in [-0.05, 0) is 27.4 Å². The Labute approximate surface area is 103 Å². The summed E-state index contributed by atoms with van der Waals surface area (Å²) < 4.78 is 0. The second kappa shape index (κ2) is 6.12. The molecule has 0 spiro atoms. The third-order valence-electron chi connectivity index (χ3n) is 2.82. The van der Waals surface area contributed by atoms with Gasteiger partial charge in [-0.3, -0.25) is 14.5 Å². The minimum absolute atomic E-state index is 0.0496. The third-order valence-corrected chi connectivity index (χ3v) is 2.82. The molecule has 2 atom stereocenters. The topological polar surface area (TPSA) is 52.7 Å². The molecule has 0 aromatic rings. The molecule has 2 unspecified atom stereocenters. The predicted molar refractivity (Wildman–Crippen MR) is 66.6 cm³/mol. The van der Waals surface area contributed by atoms with E-state index in [2.05, 4.69) is 10.2 Å². The van der Waals surface area contributed by atoms with E-state index in [9.17, 15) is 9.59 Å². The summed E-state index contributed by atoms with van der Waals surface area (Å²) in [4.78, 5) is 27.0. The predicted octanol–water partition coefficient (Wildman–Crippen LogP) is 0.0636. The quantitative estimate of drug-likeness (QED) is 0.668. The van der Waals surface area contributed by atoms with Gasteiger partial charge in [0.25, 0.3) is 0 Å². The van der Waals surface area contributed by atoms with E-state index in [0.717, 1.165) is 13.0 Å². The summed E-state index contributed by atoms with van der Waals surface area (Å²) in [7, 11) is 3.98. The molecule has 17 heavy (non-hydrogen) atoms. The van der Waals surface area contributed by atoms with Crippen molar-refractivity contribution in [3.05, 3.63) is 0 Å². The molecule has 1 heterocycles. The average molecular weight is 241 g/mol. The second-order valence-electron chi connectivity index (χ2n) is 4.97. The summed E-state index contributed by atoms with van der Waals surface area (Å²) in [5.74, 6) is -0.117. The smallest absolute Gasteiger partial charge is 0.246 e. The largest absolute Gasteiger partial charge is 0.308 e. The van der Waals surface area contributed by atoms with Crippen LogP contribution in [0, 0.1) is 0 Å². The number of hydrogen-bond donors (Lipinski definition) is 1. The van der Waals surface area contributed by atoms with Crippen molar-refractivity contribution in [1.82, 2.24) is 15.1 Å². The van der Waals surface area contributed by atoms with Crippen molar-refractivity contribution in [3.63, 3.8) is 0 Å². The van der Waals surface area contributed by atoms with Crippen molar-refractivity contribution >= 4 is 11.8 Å². The van der Waals surface area contributed by atoms with Gasteiger partial charge in [0.1, 0.15) is 0 Å². The van der Waals surface area contributed by atoms with Crippen LogP contribution in [0.4, 0.5) is 0 Å². The molecule has 1 aliphatic heterocycles. The summed E-state index contributed by atoms with van der Waals surface area (Å²) in [6, 6.07) is -0.127. The monoisotopic (exact) mass is 241 g/mol. The Morgan fingerprint density at radius 2 is 2.12 bits per heavy atom. The lowest BCUT2D eigenvalue weighted by Crippen LogP contribution is -2.46. The lowest BCUT2D eigenvalue weighted by atomic mass is 10.2. The van der Waals surface area contributed by atoms with Crippen LogP contribution in [-0.2, 0) is 9.59 Å². The molecule has 0 bridgehead atoms. The fourth-order valence-electron chi connectivity index (χ4n) is 2.22. The molecule has 1 rings (SSSR count). The number of rotatable bonds is 6. The maximum absolute atomic E-state index is 12.0. The zero-order valence-electron chi connectivity index (χ0n) is 11.2. The van der Waals surface area contributed by atoms with E-state index in [0.29, 0.717) is 13.0 Å². The molecule has 5 heteroatoms. The van der Waals surface area contributed by atoms with Gasteiger partial charge in [0, 0.05) is 19.1 Å². The van der Waals surface area contributed by atoms with Crippen LogP contribution in [0.3, 0.4) is 0 Å². The molecular formula is C12H23N3O2. The number of likely N-dealkylation sites (tertiary alicyclic amines) is 1. The number of nitrogens with one attached hydrogen (secondary N) is 1. The third kappa shape index (κ3) is 3.78. The fourth-order valence-corrected chi connectivity index (χ4v) is 2.22. The van der Waals surface area contributed by atoms with E-state index in [-0.39, 0.29) is 23.9 Å². The highest BCUT2D eigenvalue weighted by atomic mass is 16.2. The van der Waals surface area contributed by atoms with Crippen LogP contribution >= 0.6 is 0 Å². The van der Waals surface area contributed by atoms with Crippen LogP contribution in [0.15, 0.2) is 0 Å². The number of amides is 2. The second-order valence-corrected chi connectivity index (χ2v) is 4.97. The Bertz CT molecular complexity index is 291. The summed E-state index contributed by atoms with van der Waals surface area (Å²) in [6.45, 7) is 5.39. The number of carbonyl (C=O) groups is 2. The first-order chi connectivity index (χ1) is 7.95. The van der Waals surface area contributed by atoms with Crippen LogP contribution in [0.5, 0.6) is 0 Å². The van der Waals surface area contributed by atoms with Gasteiger partial charge in [-0.2, -0.15) is 0 Å². The maximum Gasteiger partial charge on any atom is 0.246 e. The summed E-state index contributed by atoms with van der Waals surface area (Å²) in [5.41, 5.74) is 0. The highest BCUT2D eigenvalue weighted by molar-refractivity contribution is 6.05. The molecule has 1 N–H and O–H groups in total. The number of hydrogen-bond acceptors (Lipinski definition) is 4. The van der Waals surface area contributed by atoms with Gasteiger partial charge in [0.05, 0.1) is 12.5 Å². The molecule has 0 radical (unpaired) electrons. The molecular weight excluding hydrogens is 218 g/mol. The maximum atomic E-state index is 12.0. The molecule has 1 aliphatic rings. The number of imide groups is 1. The van der Waals surface area contributed by atoms with Gasteiger partial charge < -0.3 is 10.2 Å². The van der Waals surface area contributed by atoms with E-state index in [1.54, 1.807) is 0 Å². The van der Waals surface area contributed by atoms with Crippen LogP contribution < -0.4 is 5.32 Å². The average Bonchev–Trinajstić information content (AvgIpc) is 2.45. The van der Waals surface area contributed by atoms with E-state index < -0.39 is 0 Å². The van der Waals surface area contributed by atoms with Crippen molar-refractivity contribution in [2.45, 2.75) is 38.8 Å². The van der Waals surface area contributed by atoms with Gasteiger partial charge >= 0.3 is 0 Å². The summed E-state index contributed by atoms with van der Waals surface area (Å²) >= 11 is 0. The zero-order chi connectivity index (χ0) is 13.0. The highest BCUT2D eigenvalue weighted by Crippen LogP contribution is 2.14. The van der Waals surface area contributed by atoms with Gasteiger partial charge in [0.15, 0.2) is 0 Å². The van der Waals surface area contributed by atoms with E-state index in [1.165, 1.54) is 4.90 Å². The lowest BCUT2D eigenvalue weighted by Gasteiger charge is -2.21. The van der Waals surface area contributed by atoms with Crippen LogP contribution in [0.2, 0.25) is 0 Å². The Morgan fingerprint density at radius 3 is 2.65 bits per heavy atom. The minimum atomic E-state index is -0.330. The number of nitrogens with zero attached hydrogens (tertiary/aromatic N) is 2. The van der Waals surface area contributed by atoms with Gasteiger partial charge in [-0.15, -0.1) is 0 Å². The SMILES string of the molecule is CCCN1C(=O)CC(NC(C)CN(C)C)C1=O. The number of carbonyl (C=O) groups excluding carboxylic acids is 2. The summed E-state index contributed by atoms with van der Waals surface area (Å²) in [5, 5.41) is 3.23. The molecule has 0 saturated carbocycles. The van der Waals surface area contributed by atoms with Crippen LogP contribution in [0.25, 0.3) is 0 Å². The minimum Gasteiger partial charge on any atom is -0.308 e. The lowest BCUT2D eigenvalue weighted by molar-refractivity contribution is -0.138. The van der Waals surface area contributed by atoms with Crippen molar-refractivity contribution in [1.29, 1.82) is 0 Å². The molecule has 1 saturated heterocycles. The molecule has 1 fully saturated rings. The first-order valence-corrected chi connectivity index (χ1v) is 6.20. The van der Waals surface area contributed by atoms with Gasteiger partial charge in [-0.25, -0.2) is 0 Å². The molecule has 98 valence electrons. The van der Waals surface area contributed by atoms with Crippen LogP contribution in [0.1, 0.15) is 26.7 Å². The van der Waals surface area contributed by atoms with E-state index >= 15 is 0 Å². The van der Waals surface area contributed by atoms with E-state index in [1.807, 2.05) is 27.9 Å². The van der Waals surface area contributed by atoms with Crippen molar-refractivity contribution in [2.75, 3.05) is 27.2 Å². The Morgan fingerprint density at radius 1 is 1.47 bits per heavy atom. The van der Waals surface area contributed by atoms with Crippen molar-refractivity contribution in [2.24, 2.45) is 0 Å². The first kappa shape index (κ1) is 14.1. The summed E-state index contributed by atoms with van der Waals surface area (Å²) in [6.07, 6.45) is 1.12. The molecule has 0 aliphatic carbocycles. The highest BCUT2D eigenvalue weighted by Gasteiger charge is 2.38. The standard InChI is InChI=1S/C12H23N3O2/c1-5-6-15-11(16)7-10(12(15)17)13-9(2)8-14(3)4/h9-10,13H,5-8H2,1-4H3. The Balaban J connectivity index is 2.51. The molecule has 0 aromatic carbocycles. The van der Waals surface area contributed by atoms with Crippen molar-refractivity contribution in [3.8, 4) is 0 Å². The Kier molecular flexibility index (Phi) is 5.08. The molecule has 0 aromatic heterocycles. The molecule has 2 amide bonds. The van der Waals surface area contributed by atoms with Crippen molar-refractivity contribution < 1.29 is 9.59 Å². The normalized spacial score (nSPS) is 22.6. The fraction of sp³-hybridized carbons (Fsp3) is 0.833.